The maximum atomic E-state index is 12.5. The molecule has 1 N–H and O–H groups in total. The van der Waals surface area contributed by atoms with Gasteiger partial charge < -0.3 is 14.7 Å². The van der Waals surface area contributed by atoms with Crippen LogP contribution in [0, 0.1) is 0 Å². The minimum absolute atomic E-state index is 0.128. The first-order chi connectivity index (χ1) is 9.65. The van der Waals surface area contributed by atoms with Crippen molar-refractivity contribution in [3.63, 3.8) is 0 Å². The molecule has 0 fully saturated rings. The Balaban J connectivity index is 2.33. The lowest BCUT2D eigenvalue weighted by atomic mass is 10.1. The molecule has 1 amide bonds. The SMILES string of the molecule is CCN(C(=O)c1cccc(OC)c1)c1cccc(O)c1. The number of nitrogens with zero attached hydrogens (tertiary/aromatic N) is 1. The van der Waals surface area contributed by atoms with Gasteiger partial charge in [-0.05, 0) is 37.3 Å². The summed E-state index contributed by atoms with van der Waals surface area (Å²) in [6, 6.07) is 13.7. The first kappa shape index (κ1) is 13.9. The van der Waals surface area contributed by atoms with Gasteiger partial charge in [-0.2, -0.15) is 0 Å². The zero-order valence-electron chi connectivity index (χ0n) is 11.5. The van der Waals surface area contributed by atoms with Crippen LogP contribution >= 0.6 is 0 Å². The van der Waals surface area contributed by atoms with Crippen LogP contribution in [0.1, 0.15) is 17.3 Å². The minimum atomic E-state index is -0.128. The van der Waals surface area contributed by atoms with Gasteiger partial charge in [-0.25, -0.2) is 0 Å². The highest BCUT2D eigenvalue weighted by Gasteiger charge is 2.16. The fourth-order valence-corrected chi connectivity index (χ4v) is 2.02. The van der Waals surface area contributed by atoms with Crippen molar-refractivity contribution < 1.29 is 14.6 Å². The molecule has 0 bridgehead atoms. The van der Waals surface area contributed by atoms with Crippen molar-refractivity contribution >= 4 is 11.6 Å². The number of anilines is 1. The monoisotopic (exact) mass is 271 g/mol. The Morgan fingerprint density at radius 2 is 1.95 bits per heavy atom. The normalized spacial score (nSPS) is 10.1. The minimum Gasteiger partial charge on any atom is -0.508 e. The predicted molar refractivity (Wildman–Crippen MR) is 78.5 cm³/mol. The van der Waals surface area contributed by atoms with Gasteiger partial charge in [0.15, 0.2) is 0 Å². The Labute approximate surface area is 118 Å². The summed E-state index contributed by atoms with van der Waals surface area (Å²) < 4.78 is 5.13. The molecular weight excluding hydrogens is 254 g/mol. The van der Waals surface area contributed by atoms with Crippen LogP contribution in [-0.2, 0) is 0 Å². The van der Waals surface area contributed by atoms with Crippen LogP contribution in [0.5, 0.6) is 11.5 Å². The second-order valence-electron chi connectivity index (χ2n) is 4.30. The summed E-state index contributed by atoms with van der Waals surface area (Å²) in [6.45, 7) is 2.40. The molecule has 0 heterocycles. The largest absolute Gasteiger partial charge is 0.508 e. The van der Waals surface area contributed by atoms with Crippen LogP contribution in [0.2, 0.25) is 0 Å². The number of methoxy groups -OCH3 is 1. The number of carbonyl (C=O) groups excluding carboxylic acids is 1. The first-order valence-electron chi connectivity index (χ1n) is 6.40. The molecule has 0 spiro atoms. The van der Waals surface area contributed by atoms with E-state index in [0.29, 0.717) is 23.5 Å². The van der Waals surface area contributed by atoms with Crippen molar-refractivity contribution in [2.75, 3.05) is 18.6 Å². The number of rotatable bonds is 4. The third kappa shape index (κ3) is 2.91. The lowest BCUT2D eigenvalue weighted by Gasteiger charge is -2.21. The number of aromatic hydroxyl groups is 1. The van der Waals surface area contributed by atoms with Crippen LogP contribution in [0.25, 0.3) is 0 Å². The number of phenols is 1. The fraction of sp³-hybridized carbons (Fsp3) is 0.188. The third-order valence-corrected chi connectivity index (χ3v) is 3.02. The molecule has 4 nitrogen and oxygen atoms in total. The number of amides is 1. The smallest absolute Gasteiger partial charge is 0.258 e. The maximum Gasteiger partial charge on any atom is 0.258 e. The standard InChI is InChI=1S/C16H17NO3/c1-3-17(13-7-5-8-14(18)11-13)16(19)12-6-4-9-15(10-12)20-2/h4-11,18H,3H2,1-2H3. The molecule has 2 aromatic rings. The molecule has 0 unspecified atom stereocenters. The molecule has 0 aliphatic carbocycles. The summed E-state index contributed by atoms with van der Waals surface area (Å²) in [5.41, 5.74) is 1.22. The van der Waals surface area contributed by atoms with Gasteiger partial charge in [0, 0.05) is 23.9 Å². The average molecular weight is 271 g/mol. The molecular formula is C16H17NO3. The molecule has 0 atom stereocenters. The summed E-state index contributed by atoms with van der Waals surface area (Å²) in [5.74, 6) is 0.652. The van der Waals surface area contributed by atoms with Crippen molar-refractivity contribution in [3.05, 3.63) is 54.1 Å². The summed E-state index contributed by atoms with van der Waals surface area (Å²) in [5, 5.41) is 9.53. The van der Waals surface area contributed by atoms with Gasteiger partial charge in [-0.1, -0.05) is 12.1 Å². The zero-order chi connectivity index (χ0) is 14.5. The molecule has 0 saturated carbocycles. The summed E-state index contributed by atoms with van der Waals surface area (Å²) in [6.07, 6.45) is 0. The molecule has 104 valence electrons. The van der Waals surface area contributed by atoms with Crippen LogP contribution < -0.4 is 9.64 Å². The predicted octanol–water partition coefficient (Wildman–Crippen LogP) is 3.07. The second-order valence-corrected chi connectivity index (χ2v) is 4.30. The van der Waals surface area contributed by atoms with E-state index in [1.165, 1.54) is 0 Å². The van der Waals surface area contributed by atoms with E-state index in [-0.39, 0.29) is 11.7 Å². The molecule has 2 aromatic carbocycles. The molecule has 0 aliphatic rings. The Kier molecular flexibility index (Phi) is 4.25. The highest BCUT2D eigenvalue weighted by Crippen LogP contribution is 2.23. The van der Waals surface area contributed by atoms with Crippen molar-refractivity contribution in [2.24, 2.45) is 0 Å². The van der Waals surface area contributed by atoms with E-state index in [1.807, 2.05) is 6.92 Å². The molecule has 4 heteroatoms. The Morgan fingerprint density at radius 1 is 1.20 bits per heavy atom. The lowest BCUT2D eigenvalue weighted by Crippen LogP contribution is -2.30. The van der Waals surface area contributed by atoms with E-state index in [1.54, 1.807) is 60.5 Å². The van der Waals surface area contributed by atoms with E-state index in [4.69, 9.17) is 4.74 Å². The van der Waals surface area contributed by atoms with E-state index in [2.05, 4.69) is 0 Å². The topological polar surface area (TPSA) is 49.8 Å². The van der Waals surface area contributed by atoms with E-state index in [0.717, 1.165) is 0 Å². The molecule has 0 saturated heterocycles. The van der Waals surface area contributed by atoms with E-state index >= 15 is 0 Å². The van der Waals surface area contributed by atoms with Crippen molar-refractivity contribution in [1.29, 1.82) is 0 Å². The number of phenolic OH excluding ortho intramolecular Hbond substituents is 1. The molecule has 0 aromatic heterocycles. The van der Waals surface area contributed by atoms with Gasteiger partial charge >= 0.3 is 0 Å². The quantitative estimate of drug-likeness (QED) is 0.929. The number of hydrogen-bond donors (Lipinski definition) is 1. The van der Waals surface area contributed by atoms with Crippen LogP contribution in [0.3, 0.4) is 0 Å². The van der Waals surface area contributed by atoms with Crippen molar-refractivity contribution in [1.82, 2.24) is 0 Å². The van der Waals surface area contributed by atoms with Crippen LogP contribution in [-0.4, -0.2) is 24.7 Å². The number of hydrogen-bond acceptors (Lipinski definition) is 3. The second kappa shape index (κ2) is 6.10. The summed E-state index contributed by atoms with van der Waals surface area (Å²) in [4.78, 5) is 14.2. The molecule has 0 aliphatic heterocycles. The van der Waals surface area contributed by atoms with Gasteiger partial charge in [0.2, 0.25) is 0 Å². The molecule has 0 radical (unpaired) electrons. The number of benzene rings is 2. The van der Waals surface area contributed by atoms with Gasteiger partial charge in [-0.15, -0.1) is 0 Å². The van der Waals surface area contributed by atoms with Gasteiger partial charge in [0.25, 0.3) is 5.91 Å². The van der Waals surface area contributed by atoms with Gasteiger partial charge in [-0.3, -0.25) is 4.79 Å². The highest BCUT2D eigenvalue weighted by atomic mass is 16.5. The number of ether oxygens (including phenoxy) is 1. The highest BCUT2D eigenvalue weighted by molar-refractivity contribution is 6.06. The Hall–Kier alpha value is -2.49. The van der Waals surface area contributed by atoms with Crippen molar-refractivity contribution in [2.45, 2.75) is 6.92 Å². The first-order valence-corrected chi connectivity index (χ1v) is 6.40. The third-order valence-electron chi connectivity index (χ3n) is 3.02. The lowest BCUT2D eigenvalue weighted by molar-refractivity contribution is 0.0988. The van der Waals surface area contributed by atoms with Crippen LogP contribution in [0.4, 0.5) is 5.69 Å². The molecule has 20 heavy (non-hydrogen) atoms. The summed E-state index contributed by atoms with van der Waals surface area (Å²) in [7, 11) is 1.57. The fourth-order valence-electron chi connectivity index (χ4n) is 2.02. The van der Waals surface area contributed by atoms with E-state index < -0.39 is 0 Å². The van der Waals surface area contributed by atoms with Gasteiger partial charge in [0.05, 0.1) is 7.11 Å². The number of carbonyl (C=O) groups is 1. The molecule has 2 rings (SSSR count). The summed E-state index contributed by atoms with van der Waals surface area (Å²) >= 11 is 0. The zero-order valence-corrected chi connectivity index (χ0v) is 11.5. The maximum absolute atomic E-state index is 12.5. The van der Waals surface area contributed by atoms with Gasteiger partial charge in [0.1, 0.15) is 11.5 Å². The van der Waals surface area contributed by atoms with Crippen molar-refractivity contribution in [3.8, 4) is 11.5 Å². The van der Waals surface area contributed by atoms with E-state index in [9.17, 15) is 9.90 Å². The average Bonchev–Trinajstić information content (AvgIpc) is 2.48. The van der Waals surface area contributed by atoms with Crippen LogP contribution in [0.15, 0.2) is 48.5 Å². The Morgan fingerprint density at radius 3 is 2.60 bits per heavy atom. The Bertz CT molecular complexity index is 610.